The molecule has 0 spiro atoms. The molecule has 0 aliphatic carbocycles. The number of hydrogen-bond acceptors (Lipinski definition) is 5. The highest BCUT2D eigenvalue weighted by atomic mass is 35.5. The van der Waals surface area contributed by atoms with E-state index in [-0.39, 0.29) is 15.9 Å². The average Bonchev–Trinajstić information content (AvgIpc) is 2.87. The third-order valence-electron chi connectivity index (χ3n) is 3.71. The van der Waals surface area contributed by atoms with E-state index in [9.17, 15) is 8.42 Å². The molecule has 23 heavy (non-hydrogen) atoms. The van der Waals surface area contributed by atoms with E-state index >= 15 is 0 Å². The number of rotatable bonds is 3. The summed E-state index contributed by atoms with van der Waals surface area (Å²) >= 11 is 5.92. The summed E-state index contributed by atoms with van der Waals surface area (Å²) in [6, 6.07) is 6.80. The van der Waals surface area contributed by atoms with E-state index in [1.807, 2.05) is 6.92 Å². The van der Waals surface area contributed by atoms with E-state index < -0.39 is 10.0 Å². The average molecular weight is 358 g/mol. The van der Waals surface area contributed by atoms with Gasteiger partial charge in [0.05, 0.1) is 22.8 Å². The third-order valence-corrected chi connectivity index (χ3v) is 5.95. The van der Waals surface area contributed by atoms with Crippen molar-refractivity contribution in [2.45, 2.75) is 11.8 Å². The van der Waals surface area contributed by atoms with Gasteiger partial charge in [-0.25, -0.2) is 8.42 Å². The number of piperazine rings is 1. The molecule has 1 aromatic carbocycles. The maximum Gasteiger partial charge on any atom is 0.359 e. The number of nitrogens with one attached hydrogen (secondary N) is 1. The maximum absolute atomic E-state index is 12.6. The quantitative estimate of drug-likeness (QED) is 0.770. The number of hydrogen-bond donors (Lipinski definition) is 0. The molecule has 1 aliphatic rings. The fraction of sp³-hybridized carbons (Fsp3) is 0.385. The summed E-state index contributed by atoms with van der Waals surface area (Å²) in [6.07, 6.45) is 0. The van der Waals surface area contributed by atoms with Crippen molar-refractivity contribution in [1.29, 1.82) is 0 Å². The van der Waals surface area contributed by atoms with Crippen LogP contribution in [0.25, 0.3) is 5.73 Å². The van der Waals surface area contributed by atoms with Crippen molar-refractivity contribution >= 4 is 27.5 Å². The van der Waals surface area contributed by atoms with Gasteiger partial charge in [-0.1, -0.05) is 17.7 Å². The van der Waals surface area contributed by atoms with Crippen molar-refractivity contribution in [3.05, 3.63) is 40.7 Å². The van der Waals surface area contributed by atoms with Gasteiger partial charge in [0.1, 0.15) is 5.88 Å². The number of aromatic nitrogens is 2. The number of aryl methyl sites for hydroxylation is 1. The molecule has 2 heterocycles. The van der Waals surface area contributed by atoms with Crippen LogP contribution in [0.5, 0.6) is 0 Å². The fourth-order valence-electron chi connectivity index (χ4n) is 2.39. The summed E-state index contributed by atoms with van der Waals surface area (Å²) in [4.78, 5) is 1.58. The Morgan fingerprint density at radius 2 is 1.83 bits per heavy atom. The van der Waals surface area contributed by atoms with Gasteiger partial charge in [-0.2, -0.15) is 4.31 Å². The van der Waals surface area contributed by atoms with E-state index in [0.717, 1.165) is 5.56 Å². The van der Waals surface area contributed by atoms with Crippen LogP contribution < -0.4 is 9.80 Å². The Morgan fingerprint density at radius 3 is 2.35 bits per heavy atom. The lowest BCUT2D eigenvalue weighted by Crippen LogP contribution is -2.66. The van der Waals surface area contributed by atoms with Crippen LogP contribution in [-0.4, -0.2) is 44.2 Å². The normalized spacial score (nSPS) is 16.7. The minimum Gasteiger partial charge on any atom is -0.659 e. The minimum absolute atomic E-state index is 0.0693. The van der Waals surface area contributed by atoms with Crippen molar-refractivity contribution < 1.29 is 17.7 Å². The molecular formula is C13H16ClN5O3S. The second kappa shape index (κ2) is 5.99. The van der Waals surface area contributed by atoms with Crippen molar-refractivity contribution in [2.75, 3.05) is 31.2 Å². The first kappa shape index (κ1) is 16.0. The SMILES string of the molecule is Cc1ccc(S(=O)(=O)N2CCN([n+]3noc([NH-])c3Cl)CC2)cc1. The molecule has 2 aromatic rings. The summed E-state index contributed by atoms with van der Waals surface area (Å²) in [5.74, 6) is -0.221. The molecule has 1 N–H and O–H groups in total. The summed E-state index contributed by atoms with van der Waals surface area (Å²) in [7, 11) is -3.51. The minimum atomic E-state index is -3.51. The van der Waals surface area contributed by atoms with Crippen LogP contribution in [0.3, 0.4) is 0 Å². The highest BCUT2D eigenvalue weighted by molar-refractivity contribution is 7.89. The van der Waals surface area contributed by atoms with Crippen LogP contribution in [0.1, 0.15) is 5.56 Å². The largest absolute Gasteiger partial charge is 0.659 e. The van der Waals surface area contributed by atoms with Gasteiger partial charge >= 0.3 is 5.15 Å². The lowest BCUT2D eigenvalue weighted by molar-refractivity contribution is -0.757. The zero-order valence-electron chi connectivity index (χ0n) is 12.4. The van der Waals surface area contributed by atoms with Gasteiger partial charge in [0.25, 0.3) is 0 Å². The molecular weight excluding hydrogens is 342 g/mol. The van der Waals surface area contributed by atoms with Crippen LogP contribution in [0.15, 0.2) is 33.7 Å². The van der Waals surface area contributed by atoms with Crippen molar-refractivity contribution in [3.63, 3.8) is 0 Å². The van der Waals surface area contributed by atoms with Crippen LogP contribution in [0.4, 0.5) is 5.88 Å². The first-order chi connectivity index (χ1) is 10.9. The van der Waals surface area contributed by atoms with E-state index in [4.69, 9.17) is 21.9 Å². The molecule has 1 saturated heterocycles. The van der Waals surface area contributed by atoms with Crippen molar-refractivity contribution in [1.82, 2.24) is 9.58 Å². The molecule has 0 amide bonds. The van der Waals surface area contributed by atoms with E-state index in [1.165, 1.54) is 9.10 Å². The Labute approximate surface area is 139 Å². The van der Waals surface area contributed by atoms with Crippen LogP contribution >= 0.6 is 11.6 Å². The Hall–Kier alpha value is -1.84. The van der Waals surface area contributed by atoms with Gasteiger partial charge in [0, 0.05) is 13.1 Å². The third kappa shape index (κ3) is 2.99. The molecule has 10 heteroatoms. The predicted octanol–water partition coefficient (Wildman–Crippen LogP) is 1.25. The maximum atomic E-state index is 12.6. The summed E-state index contributed by atoms with van der Waals surface area (Å²) < 4.78 is 31.4. The molecule has 1 fully saturated rings. The number of halogens is 1. The Morgan fingerprint density at radius 1 is 1.22 bits per heavy atom. The fourth-order valence-corrected chi connectivity index (χ4v) is 3.98. The standard InChI is InChI=1S/C13H16ClN5O3S/c1-10-2-4-11(5-3-10)23(20,21)18-8-6-17(7-9-18)19-12(14)13(15)22-16-19/h2-5,15H,6-9H2,1H3. The Balaban J connectivity index is 1.73. The number of sulfonamides is 1. The lowest BCUT2D eigenvalue weighted by atomic mass is 10.2. The van der Waals surface area contributed by atoms with Crippen LogP contribution in [0.2, 0.25) is 5.15 Å². The number of nitrogens with zero attached hydrogens (tertiary/aromatic N) is 4. The zero-order chi connectivity index (χ0) is 16.6. The van der Waals surface area contributed by atoms with E-state index in [2.05, 4.69) is 5.27 Å². The number of benzene rings is 1. The molecule has 8 nitrogen and oxygen atoms in total. The molecule has 0 unspecified atom stereocenters. The molecule has 0 radical (unpaired) electrons. The van der Waals surface area contributed by atoms with Gasteiger partial charge in [-0.05, 0) is 30.7 Å². The molecule has 1 aliphatic heterocycles. The van der Waals surface area contributed by atoms with Crippen molar-refractivity contribution in [3.8, 4) is 0 Å². The highest BCUT2D eigenvalue weighted by Gasteiger charge is 2.34. The van der Waals surface area contributed by atoms with E-state index in [1.54, 1.807) is 29.3 Å². The summed E-state index contributed by atoms with van der Waals surface area (Å²) in [6.45, 7) is 3.33. The van der Waals surface area contributed by atoms with Crippen LogP contribution in [-0.2, 0) is 10.0 Å². The summed E-state index contributed by atoms with van der Waals surface area (Å²) in [5.41, 5.74) is 8.42. The topological polar surface area (TPSA) is 94.3 Å². The van der Waals surface area contributed by atoms with Gasteiger partial charge in [-0.15, -0.1) is 5.01 Å². The van der Waals surface area contributed by atoms with Crippen molar-refractivity contribution in [2.24, 2.45) is 0 Å². The van der Waals surface area contributed by atoms with Gasteiger partial charge < -0.3 is 10.3 Å². The lowest BCUT2D eigenvalue weighted by Gasteiger charge is -2.29. The van der Waals surface area contributed by atoms with Gasteiger partial charge in [-0.3, -0.25) is 0 Å². The molecule has 1 aromatic heterocycles. The molecule has 0 bridgehead atoms. The Bertz CT molecular complexity index is 798. The van der Waals surface area contributed by atoms with Gasteiger partial charge in [0.2, 0.25) is 15.3 Å². The van der Waals surface area contributed by atoms with Crippen LogP contribution in [0, 0.1) is 6.92 Å². The smallest absolute Gasteiger partial charge is 0.359 e. The first-order valence-corrected chi connectivity index (χ1v) is 8.82. The predicted molar refractivity (Wildman–Crippen MR) is 83.6 cm³/mol. The molecule has 124 valence electrons. The second-order valence-electron chi connectivity index (χ2n) is 5.25. The zero-order valence-corrected chi connectivity index (χ0v) is 14.0. The monoisotopic (exact) mass is 357 g/mol. The van der Waals surface area contributed by atoms with Gasteiger partial charge in [0.15, 0.2) is 0 Å². The molecule has 0 saturated carbocycles. The second-order valence-corrected chi connectivity index (χ2v) is 7.55. The van der Waals surface area contributed by atoms with E-state index in [0.29, 0.717) is 26.2 Å². The highest BCUT2D eigenvalue weighted by Crippen LogP contribution is 2.20. The molecule has 3 rings (SSSR count). The Kier molecular flexibility index (Phi) is 4.17. The molecule has 0 atom stereocenters. The first-order valence-electron chi connectivity index (χ1n) is 7.01. The summed E-state index contributed by atoms with van der Waals surface area (Å²) in [5, 5.41) is 5.48.